The summed E-state index contributed by atoms with van der Waals surface area (Å²) in [6.45, 7) is 6.56. The number of carbonyl (C=O) groups is 2. The average molecular weight is 616 g/mol. The van der Waals surface area contributed by atoms with Gasteiger partial charge in [0, 0.05) is 22.6 Å². The van der Waals surface area contributed by atoms with Gasteiger partial charge in [-0.05, 0) is 78.6 Å². The summed E-state index contributed by atoms with van der Waals surface area (Å²) in [6, 6.07) is 12.4. The van der Waals surface area contributed by atoms with Crippen molar-refractivity contribution in [1.29, 1.82) is 10.8 Å². The van der Waals surface area contributed by atoms with Gasteiger partial charge in [0.15, 0.2) is 21.6 Å². The number of hydrogen-bond donors (Lipinski definition) is 2. The van der Waals surface area contributed by atoms with Crippen LogP contribution in [0.1, 0.15) is 40.0 Å². The van der Waals surface area contributed by atoms with E-state index in [9.17, 15) is 9.59 Å². The third kappa shape index (κ3) is 5.02. The van der Waals surface area contributed by atoms with E-state index in [1.165, 1.54) is 19.6 Å². The Morgan fingerprint density at radius 3 is 1.80 bits per heavy atom. The molecule has 8 nitrogen and oxygen atoms in total. The first-order chi connectivity index (χ1) is 18.7. The lowest BCUT2D eigenvalue weighted by atomic mass is 9.62. The van der Waals surface area contributed by atoms with E-state index in [1.54, 1.807) is 48.5 Å². The van der Waals surface area contributed by atoms with E-state index in [-0.39, 0.29) is 45.7 Å². The van der Waals surface area contributed by atoms with Crippen molar-refractivity contribution in [1.82, 2.24) is 9.80 Å². The smallest absolute Gasteiger partial charge is 0.282 e. The SMILES string of the molecule is CC1(C)CC(N2C(=N)C(=S)N(c3ccc(Cl)cc3)C2=O)CC(C)(CN2C(=N)C(=S)N(c3ccc(Cl)cc3)C2=O)C1. The molecule has 2 aliphatic heterocycles. The van der Waals surface area contributed by atoms with Crippen molar-refractivity contribution in [3.63, 3.8) is 0 Å². The first kappa shape index (κ1) is 28.6. The lowest BCUT2D eigenvalue weighted by molar-refractivity contribution is 0.0417. The number of benzene rings is 2. The molecule has 3 aliphatic rings. The van der Waals surface area contributed by atoms with Crippen LogP contribution in [0, 0.1) is 21.6 Å². The lowest BCUT2D eigenvalue weighted by Crippen LogP contribution is -2.53. The maximum Gasteiger partial charge on any atom is 0.335 e. The van der Waals surface area contributed by atoms with E-state index in [0.717, 1.165) is 6.42 Å². The Hall–Kier alpha value is -2.92. The van der Waals surface area contributed by atoms with Gasteiger partial charge in [0.1, 0.15) is 0 Å². The molecule has 5 rings (SSSR count). The molecule has 2 saturated heterocycles. The normalized spacial score (nSPS) is 25.1. The monoisotopic (exact) mass is 614 g/mol. The van der Waals surface area contributed by atoms with Crippen LogP contribution >= 0.6 is 47.6 Å². The van der Waals surface area contributed by atoms with Gasteiger partial charge in [-0.1, -0.05) is 68.4 Å². The minimum atomic E-state index is -0.476. The third-order valence-electron chi connectivity index (χ3n) is 7.64. The first-order valence-corrected chi connectivity index (χ1v) is 14.3. The van der Waals surface area contributed by atoms with Crippen molar-refractivity contribution in [2.75, 3.05) is 16.3 Å². The highest BCUT2D eigenvalue weighted by atomic mass is 35.5. The summed E-state index contributed by atoms with van der Waals surface area (Å²) >= 11 is 23.1. The summed E-state index contributed by atoms with van der Waals surface area (Å²) in [5, 5.41) is 18.5. The Labute approximate surface area is 253 Å². The lowest BCUT2D eigenvalue weighted by Gasteiger charge is -2.49. The molecular formula is C28H28Cl2N6O2S2. The van der Waals surface area contributed by atoms with Crippen molar-refractivity contribution < 1.29 is 9.59 Å². The zero-order valence-corrected chi connectivity index (χ0v) is 25.3. The number of carbonyl (C=O) groups excluding carboxylic acids is 2. The Kier molecular flexibility index (Phi) is 7.27. The van der Waals surface area contributed by atoms with Gasteiger partial charge in [0.25, 0.3) is 0 Å². The highest BCUT2D eigenvalue weighted by molar-refractivity contribution is 7.82. The Morgan fingerprint density at radius 2 is 1.27 bits per heavy atom. The van der Waals surface area contributed by atoms with Crippen LogP contribution < -0.4 is 9.80 Å². The predicted octanol–water partition coefficient (Wildman–Crippen LogP) is 7.37. The molecule has 0 bridgehead atoms. The molecule has 3 fully saturated rings. The topological polar surface area (TPSA) is 94.8 Å². The van der Waals surface area contributed by atoms with E-state index < -0.39 is 11.4 Å². The molecule has 2 N–H and O–H groups in total. The summed E-state index contributed by atoms with van der Waals surface area (Å²) in [7, 11) is 0. The van der Waals surface area contributed by atoms with E-state index in [1.807, 2.05) is 0 Å². The van der Waals surface area contributed by atoms with Gasteiger partial charge in [-0.25, -0.2) is 19.4 Å². The fourth-order valence-corrected chi connectivity index (χ4v) is 7.24. The summed E-state index contributed by atoms with van der Waals surface area (Å²) in [6.07, 6.45) is 1.93. The van der Waals surface area contributed by atoms with Crippen molar-refractivity contribution in [2.45, 2.75) is 46.1 Å². The summed E-state index contributed by atoms with van der Waals surface area (Å²) in [4.78, 5) is 33.1. The van der Waals surface area contributed by atoms with E-state index in [0.29, 0.717) is 34.3 Å². The van der Waals surface area contributed by atoms with Crippen LogP contribution in [0.25, 0.3) is 0 Å². The number of hydrogen-bond acceptors (Lipinski definition) is 6. The number of rotatable bonds is 5. The van der Waals surface area contributed by atoms with Crippen molar-refractivity contribution >= 4 is 92.7 Å². The Bertz CT molecular complexity index is 1460. The van der Waals surface area contributed by atoms with E-state index >= 15 is 0 Å². The first-order valence-electron chi connectivity index (χ1n) is 12.7. The largest absolute Gasteiger partial charge is 0.335 e. The number of amides is 4. The van der Waals surface area contributed by atoms with Crippen LogP contribution in [-0.2, 0) is 0 Å². The molecule has 208 valence electrons. The van der Waals surface area contributed by atoms with Crippen LogP contribution in [0.2, 0.25) is 10.0 Å². The Balaban J connectivity index is 1.40. The van der Waals surface area contributed by atoms with Crippen LogP contribution in [0.4, 0.5) is 21.0 Å². The molecular weight excluding hydrogens is 587 g/mol. The molecule has 2 heterocycles. The van der Waals surface area contributed by atoms with Crippen LogP contribution in [0.5, 0.6) is 0 Å². The summed E-state index contributed by atoms with van der Waals surface area (Å²) < 4.78 is 0. The standard InChI is InChI=1S/C28H28Cl2N6O2S2/c1-27(2)12-20(34-22(32)24(40)36(26(34)38)19-10-6-17(30)7-11-19)13-28(3,14-27)15-33-21(31)23(39)35(25(33)37)18-8-4-16(29)5-9-18/h4-11,20,31-32H,12-15H2,1-3H3. The van der Waals surface area contributed by atoms with Crippen molar-refractivity contribution in [2.24, 2.45) is 10.8 Å². The number of thiocarbonyl (C=S) groups is 2. The third-order valence-corrected chi connectivity index (χ3v) is 8.89. The maximum absolute atomic E-state index is 13.7. The second-order valence-corrected chi connectivity index (χ2v) is 13.3. The van der Waals surface area contributed by atoms with Gasteiger partial charge in [0.05, 0.1) is 11.4 Å². The molecule has 0 aromatic heterocycles. The molecule has 1 aliphatic carbocycles. The van der Waals surface area contributed by atoms with Crippen LogP contribution in [0.15, 0.2) is 48.5 Å². The molecule has 2 atom stereocenters. The highest BCUT2D eigenvalue weighted by Gasteiger charge is 2.52. The van der Waals surface area contributed by atoms with Gasteiger partial charge in [-0.3, -0.25) is 20.6 Å². The molecule has 1 saturated carbocycles. The Morgan fingerprint density at radius 1 is 0.800 bits per heavy atom. The molecule has 40 heavy (non-hydrogen) atoms. The van der Waals surface area contributed by atoms with Gasteiger partial charge in [-0.2, -0.15) is 0 Å². The molecule has 2 aromatic carbocycles. The minimum absolute atomic E-state index is 0.0138. The van der Waals surface area contributed by atoms with Crippen molar-refractivity contribution in [3.05, 3.63) is 58.6 Å². The number of anilines is 2. The molecule has 12 heteroatoms. The maximum atomic E-state index is 13.7. The van der Waals surface area contributed by atoms with Crippen LogP contribution in [-0.4, -0.2) is 56.1 Å². The van der Waals surface area contributed by atoms with E-state index in [2.05, 4.69) is 20.8 Å². The molecule has 2 aromatic rings. The number of nitrogens with one attached hydrogen (secondary N) is 2. The average Bonchev–Trinajstić information content (AvgIpc) is 3.21. The number of halogens is 2. The van der Waals surface area contributed by atoms with Crippen LogP contribution in [0.3, 0.4) is 0 Å². The van der Waals surface area contributed by atoms with Gasteiger partial charge in [0.2, 0.25) is 0 Å². The zero-order valence-electron chi connectivity index (χ0n) is 22.2. The zero-order chi connectivity index (χ0) is 29.1. The molecule has 0 radical (unpaired) electrons. The summed E-state index contributed by atoms with van der Waals surface area (Å²) in [5.74, 6) is -0.0451. The predicted molar refractivity (Wildman–Crippen MR) is 167 cm³/mol. The van der Waals surface area contributed by atoms with Gasteiger partial charge in [-0.15, -0.1) is 0 Å². The fourth-order valence-electron chi connectivity index (χ4n) is 6.41. The molecule has 0 spiro atoms. The minimum Gasteiger partial charge on any atom is -0.282 e. The summed E-state index contributed by atoms with van der Waals surface area (Å²) in [5.41, 5.74) is 0.409. The second kappa shape index (κ2) is 10.2. The number of amidine groups is 2. The van der Waals surface area contributed by atoms with Gasteiger partial charge >= 0.3 is 12.1 Å². The fraction of sp³-hybridized carbons (Fsp3) is 0.357. The number of urea groups is 2. The van der Waals surface area contributed by atoms with Gasteiger partial charge < -0.3 is 0 Å². The quantitative estimate of drug-likeness (QED) is 0.344. The molecule has 2 unspecified atom stereocenters. The highest BCUT2D eigenvalue weighted by Crippen LogP contribution is 2.49. The second-order valence-electron chi connectivity index (χ2n) is 11.7. The molecule has 4 amide bonds. The number of nitrogens with zero attached hydrogens (tertiary/aromatic N) is 4. The van der Waals surface area contributed by atoms with E-state index in [4.69, 9.17) is 58.5 Å². The van der Waals surface area contributed by atoms with Crippen molar-refractivity contribution in [3.8, 4) is 0 Å².